The van der Waals surface area contributed by atoms with Gasteiger partial charge in [-0.2, -0.15) is 0 Å². The number of anilines is 1. The summed E-state index contributed by atoms with van der Waals surface area (Å²) in [5.74, 6) is -1.48. The van der Waals surface area contributed by atoms with Gasteiger partial charge in [0.2, 0.25) is 0 Å². The monoisotopic (exact) mass is 465 g/mol. The number of esters is 1. The van der Waals surface area contributed by atoms with Gasteiger partial charge >= 0.3 is 5.97 Å². The Morgan fingerprint density at radius 3 is 2.29 bits per heavy atom. The Morgan fingerprint density at radius 1 is 1.06 bits per heavy atom. The molecular formula is C26H28FN3O4. The molecule has 1 N–H and O–H groups in total. The fourth-order valence-electron chi connectivity index (χ4n) is 4.62. The average Bonchev–Trinajstić information content (AvgIpc) is 3.41. The second-order valence-electron chi connectivity index (χ2n) is 8.77. The Hall–Kier alpha value is -3.68. The van der Waals surface area contributed by atoms with Gasteiger partial charge in [-0.25, -0.2) is 9.07 Å². The summed E-state index contributed by atoms with van der Waals surface area (Å²) in [7, 11) is 1.73. The highest BCUT2D eigenvalue weighted by atomic mass is 19.1. The van der Waals surface area contributed by atoms with Gasteiger partial charge in [0, 0.05) is 7.05 Å². The maximum absolute atomic E-state index is 13.4. The van der Waals surface area contributed by atoms with Gasteiger partial charge in [0.1, 0.15) is 11.5 Å². The largest absolute Gasteiger partial charge is 0.452 e. The minimum Gasteiger partial charge on any atom is -0.452 e. The first-order valence-electron chi connectivity index (χ1n) is 11.4. The van der Waals surface area contributed by atoms with E-state index in [4.69, 9.17) is 4.74 Å². The summed E-state index contributed by atoms with van der Waals surface area (Å²) in [5, 5.41) is 2.65. The fourth-order valence-corrected chi connectivity index (χ4v) is 4.62. The number of halogens is 1. The molecule has 7 nitrogen and oxygen atoms in total. The highest BCUT2D eigenvalue weighted by Gasteiger charge is 2.45. The third kappa shape index (κ3) is 4.16. The topological polar surface area (TPSA) is 82.3 Å². The third-order valence-corrected chi connectivity index (χ3v) is 6.70. The van der Waals surface area contributed by atoms with Crippen molar-refractivity contribution < 1.29 is 18.7 Å². The van der Waals surface area contributed by atoms with E-state index in [0.29, 0.717) is 29.8 Å². The summed E-state index contributed by atoms with van der Waals surface area (Å²) < 4.78 is 22.1. The number of amides is 1. The second kappa shape index (κ2) is 9.29. The Bertz CT molecular complexity index is 1260. The molecule has 1 aliphatic rings. The van der Waals surface area contributed by atoms with Gasteiger partial charge < -0.3 is 10.1 Å². The molecule has 178 valence electrons. The lowest BCUT2D eigenvalue weighted by atomic mass is 9.79. The number of benzene rings is 2. The number of aromatic nitrogens is 2. The highest BCUT2D eigenvalue weighted by molar-refractivity contribution is 5.96. The van der Waals surface area contributed by atoms with Crippen molar-refractivity contribution in [2.24, 2.45) is 7.05 Å². The van der Waals surface area contributed by atoms with Crippen molar-refractivity contribution in [2.45, 2.75) is 51.0 Å². The zero-order chi connectivity index (χ0) is 24.5. The van der Waals surface area contributed by atoms with Crippen LogP contribution in [0.2, 0.25) is 0 Å². The summed E-state index contributed by atoms with van der Waals surface area (Å²) in [6, 6.07) is 15.0. The van der Waals surface area contributed by atoms with Gasteiger partial charge in [0.05, 0.1) is 16.8 Å². The predicted molar refractivity (Wildman–Crippen MR) is 126 cm³/mol. The number of carbonyl (C=O) groups excluding carboxylic acids is 2. The van der Waals surface area contributed by atoms with Crippen LogP contribution in [-0.4, -0.2) is 27.3 Å². The lowest BCUT2D eigenvalue weighted by Crippen LogP contribution is -2.40. The van der Waals surface area contributed by atoms with Crippen molar-refractivity contribution in [2.75, 3.05) is 5.32 Å². The molecule has 1 saturated carbocycles. The van der Waals surface area contributed by atoms with E-state index in [2.05, 4.69) is 5.32 Å². The number of nitrogens with one attached hydrogen (secondary N) is 1. The van der Waals surface area contributed by atoms with Gasteiger partial charge in [0.15, 0.2) is 6.10 Å². The Labute approximate surface area is 197 Å². The lowest BCUT2D eigenvalue weighted by molar-refractivity contribution is -0.159. The van der Waals surface area contributed by atoms with Crippen LogP contribution in [0.5, 0.6) is 0 Å². The van der Waals surface area contributed by atoms with E-state index in [9.17, 15) is 18.8 Å². The molecule has 4 rings (SSSR count). The van der Waals surface area contributed by atoms with E-state index < -0.39 is 23.4 Å². The van der Waals surface area contributed by atoms with Crippen LogP contribution in [0.4, 0.5) is 10.1 Å². The molecule has 0 unspecified atom stereocenters. The molecule has 1 heterocycles. The molecule has 1 fully saturated rings. The SMILES string of the molecule is Cc1c(NC(=O)[C@H](C)OC(=O)C2(c3ccc(F)cc3)CCCC2)c(=O)n(-c2ccccc2)n1C. The van der Waals surface area contributed by atoms with Crippen LogP contribution in [0.25, 0.3) is 5.69 Å². The highest BCUT2D eigenvalue weighted by Crippen LogP contribution is 2.42. The third-order valence-electron chi connectivity index (χ3n) is 6.70. The van der Waals surface area contributed by atoms with Crippen molar-refractivity contribution in [3.63, 3.8) is 0 Å². The van der Waals surface area contributed by atoms with Gasteiger partial charge in [-0.1, -0.05) is 43.2 Å². The summed E-state index contributed by atoms with van der Waals surface area (Å²) in [6.07, 6.45) is 1.72. The molecular weight excluding hydrogens is 437 g/mol. The van der Waals surface area contributed by atoms with E-state index in [0.717, 1.165) is 12.8 Å². The molecule has 8 heteroatoms. The van der Waals surface area contributed by atoms with E-state index in [-0.39, 0.29) is 17.1 Å². The van der Waals surface area contributed by atoms with Gasteiger partial charge in [0.25, 0.3) is 11.5 Å². The first kappa shape index (κ1) is 23.5. The van der Waals surface area contributed by atoms with Crippen molar-refractivity contribution in [1.82, 2.24) is 9.36 Å². The van der Waals surface area contributed by atoms with Crippen LogP contribution in [0.15, 0.2) is 59.4 Å². The van der Waals surface area contributed by atoms with Crippen LogP contribution in [-0.2, 0) is 26.8 Å². The molecule has 1 atom stereocenters. The first-order valence-corrected chi connectivity index (χ1v) is 11.4. The maximum Gasteiger partial charge on any atom is 0.317 e. The number of para-hydroxylation sites is 1. The second-order valence-corrected chi connectivity index (χ2v) is 8.77. The number of nitrogens with zero attached hydrogens (tertiary/aromatic N) is 2. The van der Waals surface area contributed by atoms with Crippen LogP contribution < -0.4 is 10.9 Å². The van der Waals surface area contributed by atoms with Crippen LogP contribution in [0.1, 0.15) is 43.9 Å². The molecule has 0 spiro atoms. The predicted octanol–water partition coefficient (Wildman–Crippen LogP) is 4.01. The normalized spacial score (nSPS) is 15.6. The standard InChI is InChI=1S/C26H28FN3O4/c1-17-22(24(32)30(29(17)3)21-9-5-4-6-10-21)28-23(31)18(2)34-25(33)26(15-7-8-16-26)19-11-13-20(27)14-12-19/h4-6,9-14,18H,7-8,15-16H2,1-3H3,(H,28,31)/t18-/m0/s1. The summed E-state index contributed by atoms with van der Waals surface area (Å²) >= 11 is 0. The van der Waals surface area contributed by atoms with Crippen LogP contribution in [0.3, 0.4) is 0 Å². The molecule has 2 aromatic carbocycles. The van der Waals surface area contributed by atoms with Crippen molar-refractivity contribution >= 4 is 17.6 Å². The molecule has 34 heavy (non-hydrogen) atoms. The quantitative estimate of drug-likeness (QED) is 0.558. The van der Waals surface area contributed by atoms with Crippen molar-refractivity contribution in [3.05, 3.63) is 82.0 Å². The van der Waals surface area contributed by atoms with Crippen LogP contribution in [0, 0.1) is 12.7 Å². The average molecular weight is 466 g/mol. The molecule has 1 amide bonds. The number of hydrogen-bond acceptors (Lipinski definition) is 4. The van der Waals surface area contributed by atoms with Crippen molar-refractivity contribution in [3.8, 4) is 5.69 Å². The first-order chi connectivity index (χ1) is 16.2. The molecule has 3 aromatic rings. The van der Waals surface area contributed by atoms with E-state index in [1.165, 1.54) is 23.7 Å². The van der Waals surface area contributed by atoms with E-state index >= 15 is 0 Å². The van der Waals surface area contributed by atoms with Crippen LogP contribution >= 0.6 is 0 Å². The summed E-state index contributed by atoms with van der Waals surface area (Å²) in [4.78, 5) is 39.2. The number of rotatable bonds is 6. The molecule has 1 aromatic heterocycles. The zero-order valence-electron chi connectivity index (χ0n) is 19.5. The number of ether oxygens (including phenoxy) is 1. The number of hydrogen-bond donors (Lipinski definition) is 1. The minimum atomic E-state index is -1.12. The molecule has 0 aliphatic heterocycles. The number of carbonyl (C=O) groups is 2. The van der Waals surface area contributed by atoms with Gasteiger partial charge in [-0.3, -0.25) is 19.1 Å². The lowest BCUT2D eigenvalue weighted by Gasteiger charge is -2.28. The fraction of sp³-hybridized carbons (Fsp3) is 0.346. The maximum atomic E-state index is 13.4. The minimum absolute atomic E-state index is 0.133. The molecule has 0 radical (unpaired) electrons. The smallest absolute Gasteiger partial charge is 0.317 e. The molecule has 0 bridgehead atoms. The van der Waals surface area contributed by atoms with Gasteiger partial charge in [-0.15, -0.1) is 0 Å². The Kier molecular flexibility index (Phi) is 6.41. The zero-order valence-corrected chi connectivity index (χ0v) is 19.5. The molecule has 0 saturated heterocycles. The summed E-state index contributed by atoms with van der Waals surface area (Å²) in [6.45, 7) is 3.21. The van der Waals surface area contributed by atoms with E-state index in [1.54, 1.807) is 42.9 Å². The van der Waals surface area contributed by atoms with E-state index in [1.807, 2.05) is 18.2 Å². The molecule has 1 aliphatic carbocycles. The summed E-state index contributed by atoms with van der Waals surface area (Å²) in [5.41, 5.74) is 0.781. The van der Waals surface area contributed by atoms with Gasteiger partial charge in [-0.05, 0) is 56.5 Å². The Balaban J connectivity index is 1.53. The van der Waals surface area contributed by atoms with Crippen molar-refractivity contribution in [1.29, 1.82) is 0 Å². The Morgan fingerprint density at radius 2 is 1.68 bits per heavy atom.